The van der Waals surface area contributed by atoms with E-state index in [2.05, 4.69) is 71.7 Å². The van der Waals surface area contributed by atoms with Crippen molar-refractivity contribution in [3.63, 3.8) is 0 Å². The van der Waals surface area contributed by atoms with E-state index in [9.17, 15) is 0 Å². The van der Waals surface area contributed by atoms with Crippen molar-refractivity contribution in [1.29, 1.82) is 0 Å². The molecule has 2 aliphatic heterocycles. The molecular weight excluding hydrogens is 262 g/mol. The van der Waals surface area contributed by atoms with Crippen molar-refractivity contribution in [3.8, 4) is 5.75 Å². The molecule has 4 heteroatoms. The zero-order valence-electron chi connectivity index (χ0n) is 12.6. The topological polar surface area (TPSA) is 19.4 Å². The molecule has 0 radical (unpaired) electrons. The Kier molecular flexibility index (Phi) is 2.55. The minimum absolute atomic E-state index is 0.0578. The molecule has 1 atom stereocenters. The number of pyridine rings is 1. The quantitative estimate of drug-likeness (QED) is 0.743. The first kappa shape index (κ1) is 12.4. The smallest absolute Gasteiger partial charge is 0.380 e. The highest BCUT2D eigenvalue weighted by atomic mass is 16.5. The molecule has 21 heavy (non-hydrogen) atoms. The number of ether oxygens (including phenoxy) is 1. The van der Waals surface area contributed by atoms with Gasteiger partial charge in [0, 0.05) is 31.9 Å². The van der Waals surface area contributed by atoms with Gasteiger partial charge in [0.1, 0.15) is 5.75 Å². The Balaban J connectivity index is 1.84. The summed E-state index contributed by atoms with van der Waals surface area (Å²) in [4.78, 5) is 2.13. The number of aromatic nitrogens is 1. The molecule has 2 aromatic rings. The summed E-state index contributed by atoms with van der Waals surface area (Å²) in [5.74, 6) is 0.992. The molecule has 1 unspecified atom stereocenters. The molecule has 0 N–H and O–H groups in total. The number of nitrogens with zero attached hydrogens (tertiary/aromatic N) is 3. The molecule has 0 bridgehead atoms. The first-order valence-corrected chi connectivity index (χ1v) is 7.22. The third-order valence-corrected chi connectivity index (χ3v) is 4.18. The lowest BCUT2D eigenvalue weighted by Crippen LogP contribution is -2.45. The normalized spacial score (nSPS) is 18.2. The number of aryl methyl sites for hydroxylation is 1. The fourth-order valence-corrected chi connectivity index (χ4v) is 3.08. The van der Waals surface area contributed by atoms with Crippen molar-refractivity contribution >= 4 is 11.9 Å². The predicted molar refractivity (Wildman–Crippen MR) is 80.9 cm³/mol. The third-order valence-electron chi connectivity index (χ3n) is 4.18. The summed E-state index contributed by atoms with van der Waals surface area (Å²) in [5, 5.41) is 0. The molecule has 0 saturated carbocycles. The molecule has 4 rings (SSSR count). The van der Waals surface area contributed by atoms with Gasteiger partial charge in [-0.1, -0.05) is 4.57 Å². The summed E-state index contributed by atoms with van der Waals surface area (Å²) < 4.78 is 10.7. The van der Waals surface area contributed by atoms with E-state index in [-0.39, 0.29) is 6.35 Å². The molecule has 106 valence electrons. The molecule has 0 amide bonds. The molecule has 0 saturated heterocycles. The Hall–Kier alpha value is -2.36. The first-order chi connectivity index (χ1) is 10.1. The highest BCUT2D eigenvalue weighted by Gasteiger charge is 2.46. The van der Waals surface area contributed by atoms with Gasteiger partial charge in [0.15, 0.2) is 12.4 Å². The van der Waals surface area contributed by atoms with Crippen molar-refractivity contribution < 1.29 is 13.9 Å². The van der Waals surface area contributed by atoms with Crippen LogP contribution in [0.5, 0.6) is 5.75 Å². The molecule has 0 fully saturated rings. The van der Waals surface area contributed by atoms with Gasteiger partial charge < -0.3 is 9.64 Å². The standard InChI is InChI=1S/C17H19N3O/c1-12-8-15(18(2)3)9-13-10-19-11-14-6-4-5-7-20(14)17(19)21-16(12)13/h4-10,17H,11H2,1-3H3/q+2. The van der Waals surface area contributed by atoms with E-state index < -0.39 is 0 Å². The summed E-state index contributed by atoms with van der Waals surface area (Å²) in [6.07, 6.45) is 4.25. The maximum absolute atomic E-state index is 6.29. The third kappa shape index (κ3) is 1.82. The van der Waals surface area contributed by atoms with Gasteiger partial charge in [-0.15, -0.1) is 4.58 Å². The van der Waals surface area contributed by atoms with Gasteiger partial charge >= 0.3 is 6.35 Å². The molecule has 1 aromatic carbocycles. The Labute approximate surface area is 124 Å². The Morgan fingerprint density at radius 1 is 1.24 bits per heavy atom. The second kappa shape index (κ2) is 4.32. The minimum atomic E-state index is -0.0578. The fraction of sp³-hybridized carbons (Fsp3) is 0.294. The highest BCUT2D eigenvalue weighted by molar-refractivity contribution is 5.84. The average molecular weight is 281 g/mol. The second-order valence-electron chi connectivity index (χ2n) is 5.92. The number of benzene rings is 1. The Bertz CT molecular complexity index is 765. The predicted octanol–water partition coefficient (Wildman–Crippen LogP) is 1.84. The van der Waals surface area contributed by atoms with Gasteiger partial charge in [0.25, 0.3) is 5.69 Å². The maximum atomic E-state index is 6.29. The summed E-state index contributed by atoms with van der Waals surface area (Å²) in [5.41, 5.74) is 4.81. The van der Waals surface area contributed by atoms with Crippen molar-refractivity contribution in [3.05, 3.63) is 53.3 Å². The SMILES string of the molecule is Cc1cc(N(C)C)cc2c1OC1[N+](=C2)Cc2cccc[n+]21. The number of hydrogen-bond acceptors (Lipinski definition) is 2. The molecule has 0 aliphatic carbocycles. The van der Waals surface area contributed by atoms with E-state index in [1.165, 1.54) is 16.9 Å². The van der Waals surface area contributed by atoms with Crippen LogP contribution in [-0.2, 0) is 6.54 Å². The Morgan fingerprint density at radius 2 is 2.10 bits per heavy atom. The van der Waals surface area contributed by atoms with Crippen molar-refractivity contribution in [1.82, 2.24) is 0 Å². The summed E-state index contributed by atoms with van der Waals surface area (Å²) in [6, 6.07) is 10.6. The number of anilines is 1. The largest absolute Gasteiger partial charge is 0.512 e. The van der Waals surface area contributed by atoms with Crippen molar-refractivity contribution in [2.45, 2.75) is 19.8 Å². The van der Waals surface area contributed by atoms with Gasteiger partial charge in [-0.25, -0.2) is 0 Å². The van der Waals surface area contributed by atoms with E-state index in [0.717, 1.165) is 17.9 Å². The van der Waals surface area contributed by atoms with Crippen LogP contribution in [0, 0.1) is 6.92 Å². The molecule has 2 aliphatic rings. The van der Waals surface area contributed by atoms with Crippen LogP contribution in [0.1, 0.15) is 23.2 Å². The van der Waals surface area contributed by atoms with Crippen LogP contribution in [0.25, 0.3) is 0 Å². The average Bonchev–Trinajstić information content (AvgIpc) is 2.82. The molecule has 4 nitrogen and oxygen atoms in total. The first-order valence-electron chi connectivity index (χ1n) is 7.22. The number of hydrogen-bond donors (Lipinski definition) is 0. The lowest BCUT2D eigenvalue weighted by atomic mass is 10.1. The number of rotatable bonds is 1. The second-order valence-corrected chi connectivity index (χ2v) is 5.92. The van der Waals surface area contributed by atoms with Crippen LogP contribution in [0.3, 0.4) is 0 Å². The summed E-state index contributed by atoms with van der Waals surface area (Å²) >= 11 is 0. The van der Waals surface area contributed by atoms with Gasteiger partial charge in [-0.3, -0.25) is 0 Å². The van der Waals surface area contributed by atoms with E-state index in [1.807, 2.05) is 6.07 Å². The summed E-state index contributed by atoms with van der Waals surface area (Å²) in [7, 11) is 4.13. The van der Waals surface area contributed by atoms with Crippen LogP contribution in [0.2, 0.25) is 0 Å². The molecule has 3 heterocycles. The van der Waals surface area contributed by atoms with E-state index in [0.29, 0.717) is 0 Å². The molecular formula is C17H19N3O+2. The van der Waals surface area contributed by atoms with Gasteiger partial charge in [-0.2, -0.15) is 0 Å². The van der Waals surface area contributed by atoms with Gasteiger partial charge in [0.2, 0.25) is 6.54 Å². The van der Waals surface area contributed by atoms with Crippen LogP contribution in [-0.4, -0.2) is 24.9 Å². The van der Waals surface area contributed by atoms with Crippen molar-refractivity contribution in [2.75, 3.05) is 19.0 Å². The fourth-order valence-electron chi connectivity index (χ4n) is 3.08. The highest BCUT2D eigenvalue weighted by Crippen LogP contribution is 2.33. The maximum Gasteiger partial charge on any atom is 0.512 e. The molecule has 1 aromatic heterocycles. The summed E-state index contributed by atoms with van der Waals surface area (Å²) in [6.45, 7) is 3.00. The Morgan fingerprint density at radius 3 is 2.90 bits per heavy atom. The van der Waals surface area contributed by atoms with Crippen LogP contribution in [0.15, 0.2) is 36.5 Å². The van der Waals surface area contributed by atoms with Crippen molar-refractivity contribution in [2.24, 2.45) is 0 Å². The van der Waals surface area contributed by atoms with E-state index in [4.69, 9.17) is 4.74 Å². The molecule has 0 spiro atoms. The van der Waals surface area contributed by atoms with Crippen LogP contribution in [0.4, 0.5) is 5.69 Å². The number of fused-ring (bicyclic) bond motifs is 4. The van der Waals surface area contributed by atoms with Gasteiger partial charge in [0.05, 0.1) is 5.56 Å². The van der Waals surface area contributed by atoms with E-state index in [1.54, 1.807) is 0 Å². The van der Waals surface area contributed by atoms with Crippen LogP contribution < -0.4 is 14.2 Å². The van der Waals surface area contributed by atoms with E-state index >= 15 is 0 Å². The lowest BCUT2D eigenvalue weighted by molar-refractivity contribution is -0.880. The van der Waals surface area contributed by atoms with Crippen LogP contribution >= 0.6 is 0 Å². The van der Waals surface area contributed by atoms with Gasteiger partial charge in [-0.05, 0) is 30.7 Å². The zero-order chi connectivity index (χ0) is 14.6. The lowest BCUT2D eigenvalue weighted by Gasteiger charge is -2.19. The minimum Gasteiger partial charge on any atom is -0.380 e. The monoisotopic (exact) mass is 281 g/mol. The zero-order valence-corrected chi connectivity index (χ0v) is 12.6.